The van der Waals surface area contributed by atoms with Gasteiger partial charge in [0.05, 0.1) is 6.61 Å². The van der Waals surface area contributed by atoms with Crippen molar-refractivity contribution in [1.29, 1.82) is 0 Å². The quantitative estimate of drug-likeness (QED) is 0.239. The average Bonchev–Trinajstić information content (AvgIpc) is 2.87. The van der Waals surface area contributed by atoms with Gasteiger partial charge in [-0.1, -0.05) is 55.8 Å². The first-order chi connectivity index (χ1) is 16.5. The monoisotopic (exact) mass is 464 g/mol. The molecule has 0 heterocycles. The van der Waals surface area contributed by atoms with E-state index in [0.29, 0.717) is 18.1 Å². The summed E-state index contributed by atoms with van der Waals surface area (Å²) in [6.45, 7) is 6.24. The molecule has 0 radical (unpaired) electrons. The molecule has 1 saturated carbocycles. The molecule has 0 spiro atoms. The summed E-state index contributed by atoms with van der Waals surface area (Å²) < 4.78 is 49.5. The van der Waals surface area contributed by atoms with E-state index in [4.69, 9.17) is 4.74 Å². The molecule has 0 atom stereocenters. The summed E-state index contributed by atoms with van der Waals surface area (Å²) in [4.78, 5) is 0. The minimum Gasteiger partial charge on any atom is -0.490 e. The highest BCUT2D eigenvalue weighted by Crippen LogP contribution is 2.38. The highest BCUT2D eigenvalue weighted by Gasteiger charge is 2.23. The number of halogens is 3. The molecule has 1 fully saturated rings. The van der Waals surface area contributed by atoms with Gasteiger partial charge in [0.15, 0.2) is 11.6 Å². The minimum absolute atomic E-state index is 0.0696. The van der Waals surface area contributed by atoms with Crippen LogP contribution in [0.3, 0.4) is 0 Å². The predicted octanol–water partition coefficient (Wildman–Crippen LogP) is 9.08. The zero-order valence-electron chi connectivity index (χ0n) is 19.6. The Balaban J connectivity index is 1.50. The van der Waals surface area contributed by atoms with E-state index in [1.54, 1.807) is 18.2 Å². The summed E-state index contributed by atoms with van der Waals surface area (Å²) in [5.74, 6) is -1.37. The number of ether oxygens (including phenoxy) is 1. The lowest BCUT2D eigenvalue weighted by Gasteiger charge is -2.27. The third kappa shape index (κ3) is 5.22. The molecule has 3 aromatic rings. The molecular weight excluding hydrogens is 433 g/mol. The van der Waals surface area contributed by atoms with Crippen molar-refractivity contribution in [2.75, 3.05) is 6.61 Å². The highest BCUT2D eigenvalue weighted by molar-refractivity contribution is 5.71. The SMILES string of the molecule is C=CC1CCC(c2ccc(-c3ccc(-c4ccc(OCCCC)c(F)c4F)cc3)cc2F)CC1. The van der Waals surface area contributed by atoms with Crippen molar-refractivity contribution < 1.29 is 17.9 Å². The molecule has 34 heavy (non-hydrogen) atoms. The van der Waals surface area contributed by atoms with Gasteiger partial charge in [-0.15, -0.1) is 6.58 Å². The van der Waals surface area contributed by atoms with Crippen LogP contribution in [0.5, 0.6) is 5.75 Å². The number of hydrogen-bond donors (Lipinski definition) is 0. The maximum Gasteiger partial charge on any atom is 0.201 e. The van der Waals surface area contributed by atoms with Crippen LogP contribution in [0.2, 0.25) is 0 Å². The zero-order chi connectivity index (χ0) is 24.1. The fourth-order valence-electron chi connectivity index (χ4n) is 4.74. The molecule has 0 N–H and O–H groups in total. The Hall–Kier alpha value is -3.01. The van der Waals surface area contributed by atoms with Crippen molar-refractivity contribution in [3.05, 3.63) is 90.3 Å². The average molecular weight is 465 g/mol. The molecule has 4 rings (SSSR count). The largest absolute Gasteiger partial charge is 0.490 e. The van der Waals surface area contributed by atoms with Crippen LogP contribution in [-0.2, 0) is 0 Å². The number of hydrogen-bond acceptors (Lipinski definition) is 1. The number of benzene rings is 3. The van der Waals surface area contributed by atoms with Gasteiger partial charge >= 0.3 is 0 Å². The van der Waals surface area contributed by atoms with E-state index in [9.17, 15) is 13.2 Å². The second-order valence-corrected chi connectivity index (χ2v) is 9.10. The van der Waals surface area contributed by atoms with Crippen LogP contribution in [0.25, 0.3) is 22.3 Å². The fourth-order valence-corrected chi connectivity index (χ4v) is 4.74. The van der Waals surface area contributed by atoms with Gasteiger partial charge in [0.2, 0.25) is 5.82 Å². The van der Waals surface area contributed by atoms with E-state index >= 15 is 0 Å². The molecule has 0 aromatic heterocycles. The van der Waals surface area contributed by atoms with Crippen molar-refractivity contribution in [1.82, 2.24) is 0 Å². The Morgan fingerprint density at radius 3 is 2.18 bits per heavy atom. The van der Waals surface area contributed by atoms with Crippen LogP contribution in [0, 0.1) is 23.4 Å². The Labute approximate surface area is 200 Å². The predicted molar refractivity (Wildman–Crippen MR) is 132 cm³/mol. The van der Waals surface area contributed by atoms with Gasteiger partial charge in [-0.05, 0) is 84.4 Å². The molecule has 4 heteroatoms. The van der Waals surface area contributed by atoms with E-state index in [2.05, 4.69) is 6.58 Å². The van der Waals surface area contributed by atoms with Crippen molar-refractivity contribution in [3.8, 4) is 28.0 Å². The lowest BCUT2D eigenvalue weighted by molar-refractivity contribution is 0.289. The summed E-state index contributed by atoms with van der Waals surface area (Å²) >= 11 is 0. The van der Waals surface area contributed by atoms with Gasteiger partial charge in [-0.3, -0.25) is 0 Å². The van der Waals surface area contributed by atoms with E-state index in [1.807, 2.05) is 37.3 Å². The summed E-state index contributed by atoms with van der Waals surface area (Å²) in [6.07, 6.45) is 7.77. The molecule has 0 unspecified atom stereocenters. The number of rotatable bonds is 8. The third-order valence-corrected chi connectivity index (χ3v) is 6.88. The van der Waals surface area contributed by atoms with Gasteiger partial charge < -0.3 is 4.74 Å². The molecule has 3 aromatic carbocycles. The Kier molecular flexibility index (Phi) is 7.77. The summed E-state index contributed by atoms with van der Waals surface area (Å²) in [7, 11) is 0. The lowest BCUT2D eigenvalue weighted by Crippen LogP contribution is -2.12. The van der Waals surface area contributed by atoms with Gasteiger partial charge in [-0.2, -0.15) is 4.39 Å². The van der Waals surface area contributed by atoms with E-state index in [-0.39, 0.29) is 23.0 Å². The van der Waals surface area contributed by atoms with Crippen LogP contribution in [0.1, 0.15) is 56.9 Å². The van der Waals surface area contributed by atoms with Crippen molar-refractivity contribution in [3.63, 3.8) is 0 Å². The lowest BCUT2D eigenvalue weighted by atomic mass is 9.78. The highest BCUT2D eigenvalue weighted by atomic mass is 19.2. The molecule has 1 nitrogen and oxygen atoms in total. The van der Waals surface area contributed by atoms with Crippen molar-refractivity contribution in [2.45, 2.75) is 51.4 Å². The van der Waals surface area contributed by atoms with E-state index in [0.717, 1.165) is 55.2 Å². The van der Waals surface area contributed by atoms with E-state index < -0.39 is 11.6 Å². The summed E-state index contributed by atoms with van der Waals surface area (Å²) in [5.41, 5.74) is 3.09. The van der Waals surface area contributed by atoms with Gasteiger partial charge in [0, 0.05) is 5.56 Å². The minimum atomic E-state index is -0.975. The van der Waals surface area contributed by atoms with Crippen LogP contribution >= 0.6 is 0 Å². The fraction of sp³-hybridized carbons (Fsp3) is 0.333. The molecule has 178 valence electrons. The van der Waals surface area contributed by atoms with Crippen molar-refractivity contribution >= 4 is 0 Å². The first kappa shape index (κ1) is 24.1. The number of unbranched alkanes of at least 4 members (excludes halogenated alkanes) is 1. The zero-order valence-corrected chi connectivity index (χ0v) is 19.6. The Morgan fingerprint density at radius 2 is 1.53 bits per heavy atom. The van der Waals surface area contributed by atoms with Gasteiger partial charge in [0.25, 0.3) is 0 Å². The summed E-state index contributed by atoms with van der Waals surface area (Å²) in [6, 6.07) is 15.5. The standard InChI is InChI=1S/C30H31F3O/c1-3-5-18-34-28-17-16-26(29(32)30(28)33)23-12-10-21(11-13-23)24-14-15-25(27(31)19-24)22-8-6-20(4-2)7-9-22/h4,10-17,19-20,22H,2-3,5-9,18H2,1H3. The normalized spacial score (nSPS) is 18.0. The van der Waals surface area contributed by atoms with Crippen molar-refractivity contribution in [2.24, 2.45) is 5.92 Å². The number of allylic oxidation sites excluding steroid dienone is 1. The topological polar surface area (TPSA) is 9.23 Å². The van der Waals surface area contributed by atoms with Crippen LogP contribution in [-0.4, -0.2) is 6.61 Å². The maximum absolute atomic E-state index is 15.0. The molecular formula is C30H31F3O. The second-order valence-electron chi connectivity index (χ2n) is 9.10. The van der Waals surface area contributed by atoms with Crippen LogP contribution in [0.15, 0.2) is 67.3 Å². The van der Waals surface area contributed by atoms with Gasteiger partial charge in [-0.25, -0.2) is 8.78 Å². The maximum atomic E-state index is 15.0. The van der Waals surface area contributed by atoms with Crippen LogP contribution < -0.4 is 4.74 Å². The molecule has 1 aliphatic carbocycles. The molecule has 0 amide bonds. The first-order valence-corrected chi connectivity index (χ1v) is 12.2. The summed E-state index contributed by atoms with van der Waals surface area (Å²) in [5, 5.41) is 0. The Bertz CT molecular complexity index is 1130. The van der Waals surface area contributed by atoms with E-state index in [1.165, 1.54) is 12.1 Å². The molecule has 0 saturated heterocycles. The molecule has 0 aliphatic heterocycles. The van der Waals surface area contributed by atoms with Crippen LogP contribution in [0.4, 0.5) is 13.2 Å². The molecule has 0 bridgehead atoms. The molecule has 1 aliphatic rings. The second kappa shape index (κ2) is 10.9. The third-order valence-electron chi connectivity index (χ3n) is 6.88. The Morgan fingerprint density at radius 1 is 0.853 bits per heavy atom. The van der Waals surface area contributed by atoms with Gasteiger partial charge in [0.1, 0.15) is 5.82 Å². The smallest absolute Gasteiger partial charge is 0.201 e. The first-order valence-electron chi connectivity index (χ1n) is 12.2.